The van der Waals surface area contributed by atoms with Gasteiger partial charge in [0.2, 0.25) is 5.91 Å². The largest absolute Gasteiger partial charge is 0.493 e. The van der Waals surface area contributed by atoms with Crippen LogP contribution in [0.1, 0.15) is 5.69 Å². The number of benzene rings is 1. The van der Waals surface area contributed by atoms with Crippen molar-refractivity contribution < 1.29 is 18.8 Å². The number of pyridine rings is 1. The number of hydrogen-bond acceptors (Lipinski definition) is 6. The Labute approximate surface area is 144 Å². The lowest BCUT2D eigenvalue weighted by atomic mass is 10.1. The van der Waals surface area contributed by atoms with Gasteiger partial charge >= 0.3 is 0 Å². The van der Waals surface area contributed by atoms with Crippen LogP contribution in [0.25, 0.3) is 11.3 Å². The molecule has 0 saturated carbocycles. The first-order chi connectivity index (χ1) is 12.2. The lowest BCUT2D eigenvalue weighted by molar-refractivity contribution is -0.115. The molecule has 0 spiro atoms. The normalized spacial score (nSPS) is 10.3. The first kappa shape index (κ1) is 16.5. The summed E-state index contributed by atoms with van der Waals surface area (Å²) in [7, 11) is 3.14. The maximum absolute atomic E-state index is 12.1. The molecule has 128 valence electrons. The Balaban J connectivity index is 1.71. The van der Waals surface area contributed by atoms with E-state index in [0.29, 0.717) is 28.6 Å². The van der Waals surface area contributed by atoms with E-state index in [2.05, 4.69) is 15.5 Å². The van der Waals surface area contributed by atoms with E-state index < -0.39 is 0 Å². The van der Waals surface area contributed by atoms with E-state index >= 15 is 0 Å². The van der Waals surface area contributed by atoms with Gasteiger partial charge in [0.15, 0.2) is 17.3 Å². The molecule has 0 fully saturated rings. The SMILES string of the molecule is COc1ccc(-c2cc(CC(=O)Nc3cccnc3)no2)cc1OC. The van der Waals surface area contributed by atoms with Gasteiger partial charge in [0, 0.05) is 17.8 Å². The molecule has 3 aromatic rings. The molecule has 25 heavy (non-hydrogen) atoms. The molecule has 0 aliphatic rings. The standard InChI is InChI=1S/C18H17N3O4/c1-23-15-6-5-12(8-17(15)24-2)16-9-14(21-25-16)10-18(22)20-13-4-3-7-19-11-13/h3-9,11H,10H2,1-2H3,(H,20,22). The fraction of sp³-hybridized carbons (Fsp3) is 0.167. The topological polar surface area (TPSA) is 86.5 Å². The fourth-order valence-electron chi connectivity index (χ4n) is 2.33. The second kappa shape index (κ2) is 7.48. The van der Waals surface area contributed by atoms with E-state index in [9.17, 15) is 4.79 Å². The summed E-state index contributed by atoms with van der Waals surface area (Å²) < 4.78 is 15.8. The second-order valence-corrected chi connectivity index (χ2v) is 5.22. The predicted octanol–water partition coefficient (Wildman–Crippen LogP) is 2.94. The zero-order chi connectivity index (χ0) is 17.6. The van der Waals surface area contributed by atoms with Crippen molar-refractivity contribution in [2.24, 2.45) is 0 Å². The van der Waals surface area contributed by atoms with Gasteiger partial charge in [0.25, 0.3) is 0 Å². The van der Waals surface area contributed by atoms with E-state index in [1.807, 2.05) is 6.07 Å². The minimum Gasteiger partial charge on any atom is -0.493 e. The van der Waals surface area contributed by atoms with E-state index in [1.54, 1.807) is 56.9 Å². The monoisotopic (exact) mass is 339 g/mol. The van der Waals surface area contributed by atoms with Crippen LogP contribution in [0.3, 0.4) is 0 Å². The van der Waals surface area contributed by atoms with Gasteiger partial charge in [-0.1, -0.05) is 5.16 Å². The number of nitrogens with zero attached hydrogens (tertiary/aromatic N) is 2. The number of anilines is 1. The maximum atomic E-state index is 12.1. The van der Waals surface area contributed by atoms with Gasteiger partial charge in [0.05, 0.1) is 38.2 Å². The predicted molar refractivity (Wildman–Crippen MR) is 91.6 cm³/mol. The number of hydrogen-bond donors (Lipinski definition) is 1. The molecule has 1 N–H and O–H groups in total. The molecule has 0 saturated heterocycles. The van der Waals surface area contributed by atoms with Crippen LogP contribution in [0.2, 0.25) is 0 Å². The quantitative estimate of drug-likeness (QED) is 0.743. The number of methoxy groups -OCH3 is 2. The molecule has 2 heterocycles. The molecular weight excluding hydrogens is 322 g/mol. The van der Waals surface area contributed by atoms with Gasteiger partial charge < -0.3 is 19.3 Å². The summed E-state index contributed by atoms with van der Waals surface area (Å²) in [6, 6.07) is 10.7. The van der Waals surface area contributed by atoms with Gasteiger partial charge in [-0.3, -0.25) is 9.78 Å². The Morgan fingerprint density at radius 3 is 2.72 bits per heavy atom. The smallest absolute Gasteiger partial charge is 0.230 e. The van der Waals surface area contributed by atoms with Crippen molar-refractivity contribution in [3.05, 3.63) is 54.5 Å². The van der Waals surface area contributed by atoms with Crippen LogP contribution in [-0.4, -0.2) is 30.3 Å². The molecule has 0 bridgehead atoms. The Bertz CT molecular complexity index is 862. The van der Waals surface area contributed by atoms with E-state index in [4.69, 9.17) is 14.0 Å². The van der Waals surface area contributed by atoms with Crippen molar-refractivity contribution in [1.29, 1.82) is 0 Å². The highest BCUT2D eigenvalue weighted by Gasteiger charge is 2.13. The van der Waals surface area contributed by atoms with Crippen molar-refractivity contribution in [3.8, 4) is 22.8 Å². The fourth-order valence-corrected chi connectivity index (χ4v) is 2.33. The molecule has 1 aromatic carbocycles. The number of nitrogens with one attached hydrogen (secondary N) is 1. The van der Waals surface area contributed by atoms with Crippen LogP contribution < -0.4 is 14.8 Å². The van der Waals surface area contributed by atoms with E-state index in [1.165, 1.54) is 0 Å². The summed E-state index contributed by atoms with van der Waals surface area (Å²) in [6.07, 6.45) is 3.32. The summed E-state index contributed by atoms with van der Waals surface area (Å²) in [6.45, 7) is 0. The van der Waals surface area contributed by atoms with Crippen LogP contribution in [0, 0.1) is 0 Å². The molecule has 7 nitrogen and oxygen atoms in total. The minimum atomic E-state index is -0.194. The average molecular weight is 339 g/mol. The van der Waals surface area contributed by atoms with E-state index in [-0.39, 0.29) is 12.3 Å². The molecular formula is C18H17N3O4. The number of rotatable bonds is 6. The first-order valence-corrected chi connectivity index (χ1v) is 7.57. The average Bonchev–Trinajstić information content (AvgIpc) is 3.10. The summed E-state index contributed by atoms with van der Waals surface area (Å²) in [4.78, 5) is 16.0. The molecule has 0 aliphatic carbocycles. The van der Waals surface area contributed by atoms with Gasteiger partial charge in [-0.25, -0.2) is 0 Å². The molecule has 0 aliphatic heterocycles. The molecule has 2 aromatic heterocycles. The lowest BCUT2D eigenvalue weighted by Crippen LogP contribution is -2.14. The van der Waals surface area contributed by atoms with Crippen molar-refractivity contribution in [2.45, 2.75) is 6.42 Å². The summed E-state index contributed by atoms with van der Waals surface area (Å²) in [5.74, 6) is 1.57. The summed E-state index contributed by atoms with van der Waals surface area (Å²) in [5.41, 5.74) is 1.95. The zero-order valence-electron chi connectivity index (χ0n) is 13.9. The van der Waals surface area contributed by atoms with Crippen LogP contribution in [0.5, 0.6) is 11.5 Å². The third-order valence-electron chi connectivity index (χ3n) is 3.51. The van der Waals surface area contributed by atoms with Gasteiger partial charge in [-0.05, 0) is 30.3 Å². The Hall–Kier alpha value is -3.35. The molecule has 0 unspecified atom stereocenters. The highest BCUT2D eigenvalue weighted by atomic mass is 16.5. The van der Waals surface area contributed by atoms with Crippen LogP contribution >= 0.6 is 0 Å². The Morgan fingerprint density at radius 1 is 1.16 bits per heavy atom. The first-order valence-electron chi connectivity index (χ1n) is 7.57. The molecule has 0 radical (unpaired) electrons. The Morgan fingerprint density at radius 2 is 2.00 bits per heavy atom. The van der Waals surface area contributed by atoms with Gasteiger partial charge in [0.1, 0.15) is 0 Å². The molecule has 3 rings (SSSR count). The summed E-state index contributed by atoms with van der Waals surface area (Å²) >= 11 is 0. The third kappa shape index (κ3) is 3.95. The lowest BCUT2D eigenvalue weighted by Gasteiger charge is -2.07. The molecule has 7 heteroatoms. The van der Waals surface area contributed by atoms with Crippen LogP contribution in [-0.2, 0) is 11.2 Å². The number of carbonyl (C=O) groups is 1. The second-order valence-electron chi connectivity index (χ2n) is 5.22. The minimum absolute atomic E-state index is 0.103. The zero-order valence-corrected chi connectivity index (χ0v) is 13.9. The summed E-state index contributed by atoms with van der Waals surface area (Å²) in [5, 5.41) is 6.70. The van der Waals surface area contributed by atoms with Gasteiger partial charge in [-0.15, -0.1) is 0 Å². The maximum Gasteiger partial charge on any atom is 0.230 e. The Kier molecular flexibility index (Phi) is 4.94. The van der Waals surface area contributed by atoms with Crippen LogP contribution in [0.15, 0.2) is 53.3 Å². The van der Waals surface area contributed by atoms with Crippen molar-refractivity contribution in [3.63, 3.8) is 0 Å². The van der Waals surface area contributed by atoms with Crippen molar-refractivity contribution >= 4 is 11.6 Å². The van der Waals surface area contributed by atoms with Crippen molar-refractivity contribution in [2.75, 3.05) is 19.5 Å². The number of aromatic nitrogens is 2. The third-order valence-corrected chi connectivity index (χ3v) is 3.51. The number of amides is 1. The van der Waals surface area contributed by atoms with Gasteiger partial charge in [-0.2, -0.15) is 0 Å². The highest BCUT2D eigenvalue weighted by Crippen LogP contribution is 2.32. The highest BCUT2D eigenvalue weighted by molar-refractivity contribution is 5.91. The molecule has 0 atom stereocenters. The van der Waals surface area contributed by atoms with E-state index in [0.717, 1.165) is 5.56 Å². The number of carbonyl (C=O) groups excluding carboxylic acids is 1. The molecule has 1 amide bonds. The number of ether oxygens (including phenoxy) is 2. The van der Waals surface area contributed by atoms with Crippen LogP contribution in [0.4, 0.5) is 5.69 Å². The van der Waals surface area contributed by atoms with Crippen molar-refractivity contribution in [1.82, 2.24) is 10.1 Å².